The van der Waals surface area contributed by atoms with Crippen molar-refractivity contribution in [2.24, 2.45) is 0 Å². The van der Waals surface area contributed by atoms with Crippen molar-refractivity contribution in [3.8, 4) is 0 Å². The Balaban J connectivity index is 0.000000437. The third kappa shape index (κ3) is 2.91. The molecule has 0 amide bonds. The van der Waals surface area contributed by atoms with Gasteiger partial charge in [0.1, 0.15) is 6.29 Å². The van der Waals surface area contributed by atoms with Crippen LogP contribution in [0.4, 0.5) is 0 Å². The molecule has 0 unspecified atom stereocenters. The van der Waals surface area contributed by atoms with Crippen LogP contribution in [0.3, 0.4) is 0 Å². The summed E-state index contributed by atoms with van der Waals surface area (Å²) in [5.41, 5.74) is 1.17. The highest BCUT2D eigenvalue weighted by atomic mass is 79.9. The third-order valence-corrected chi connectivity index (χ3v) is 2.58. The van der Waals surface area contributed by atoms with Gasteiger partial charge in [0, 0.05) is 12.1 Å². The van der Waals surface area contributed by atoms with E-state index in [9.17, 15) is 10.4 Å². The first-order valence-electron chi connectivity index (χ1n) is 4.84. The highest BCUT2D eigenvalue weighted by Crippen LogP contribution is 2.06. The molecule has 0 atom stereocenters. The van der Waals surface area contributed by atoms with Gasteiger partial charge in [-0.1, -0.05) is 28.1 Å². The van der Waals surface area contributed by atoms with E-state index in [4.69, 9.17) is 4.79 Å². The van der Waals surface area contributed by atoms with E-state index in [0.29, 0.717) is 26.8 Å². The van der Waals surface area contributed by atoms with E-state index in [2.05, 4.69) is 15.9 Å². The van der Waals surface area contributed by atoms with Crippen LogP contribution in [0.15, 0.2) is 30.5 Å². The van der Waals surface area contributed by atoms with Crippen LogP contribution in [0.2, 0.25) is 0 Å². The Morgan fingerprint density at radius 3 is 2.35 bits per heavy atom. The van der Waals surface area contributed by atoms with Crippen molar-refractivity contribution in [2.75, 3.05) is 0 Å². The number of carbonyl (C=O) groups excluding carboxylic acids is 1. The van der Waals surface area contributed by atoms with Gasteiger partial charge in [-0.25, -0.2) is 0 Å². The number of aromatic nitrogens is 2. The molecule has 0 N–H and O–H groups in total. The van der Waals surface area contributed by atoms with Gasteiger partial charge in [-0.15, -0.1) is 0 Å². The van der Waals surface area contributed by atoms with E-state index < -0.39 is 0 Å². The zero-order chi connectivity index (χ0) is 12.8. The van der Waals surface area contributed by atoms with Crippen molar-refractivity contribution >= 4 is 33.2 Å². The van der Waals surface area contributed by atoms with E-state index in [1.807, 2.05) is 0 Å². The van der Waals surface area contributed by atoms with Crippen LogP contribution in [-0.2, 0) is 10.1 Å². The fraction of sp³-hybridized carbons (Fsp3) is 0.182. The van der Waals surface area contributed by atoms with E-state index in [1.165, 1.54) is 13.1 Å². The summed E-state index contributed by atoms with van der Waals surface area (Å²) in [6.07, 6.45) is 2.03. The number of alkyl halides is 1. The number of carbonyl (C=O) groups is 1. The Kier molecular flexibility index (Phi) is 4.84. The summed E-state index contributed by atoms with van der Waals surface area (Å²) < 4.78 is 1.47. The Morgan fingerprint density at radius 1 is 1.29 bits per heavy atom. The van der Waals surface area contributed by atoms with E-state index in [-0.39, 0.29) is 0 Å². The lowest BCUT2D eigenvalue weighted by Crippen LogP contribution is -2.41. The molecule has 90 valence electrons. The maximum Gasteiger partial charge on any atom is 0.290 e. The second-order valence-corrected chi connectivity index (χ2v) is 3.66. The molecule has 1 aromatic heterocycles. The predicted molar refractivity (Wildman–Crippen MR) is 66.2 cm³/mol. The average Bonchev–Trinajstić information content (AvgIpc) is 2.35. The largest absolute Gasteiger partial charge is 0.618 e. The zero-order valence-electron chi connectivity index (χ0n) is 9.17. The normalized spacial score (nSPS) is 9.53. The Morgan fingerprint density at radius 2 is 1.82 bits per heavy atom. The number of fused-ring (bicyclic) bond motifs is 1. The molecule has 0 saturated carbocycles. The minimum atomic E-state index is 0.365. The molecule has 0 aliphatic carbocycles. The molecule has 17 heavy (non-hydrogen) atoms. The molecule has 0 aliphatic heterocycles. The Bertz CT molecular complexity index is 531. The quantitative estimate of drug-likeness (QED) is 0.344. The highest BCUT2D eigenvalue weighted by Gasteiger charge is 2.16. The highest BCUT2D eigenvalue weighted by molar-refractivity contribution is 9.08. The first-order valence-corrected chi connectivity index (χ1v) is 5.97. The average molecular weight is 299 g/mol. The van der Waals surface area contributed by atoms with Crippen molar-refractivity contribution in [2.45, 2.75) is 12.3 Å². The zero-order valence-corrected chi connectivity index (χ0v) is 10.8. The smallest absolute Gasteiger partial charge is 0.290 e. The molecule has 0 saturated heterocycles. The first-order chi connectivity index (χ1) is 8.15. The van der Waals surface area contributed by atoms with Gasteiger partial charge in [0.05, 0.1) is 5.33 Å². The second kappa shape index (κ2) is 6.15. The maximum atomic E-state index is 11.6. The standard InChI is InChI=1S/C9H7BrN2O2.C2H4O/c10-5-7-6-11(13)8-3-1-2-4-9(8)12(7)14;1-2-3/h1-4,6H,5H2;2H,1H3. The van der Waals surface area contributed by atoms with Crippen molar-refractivity contribution in [3.63, 3.8) is 0 Å². The molecule has 2 aromatic rings. The lowest BCUT2D eigenvalue weighted by molar-refractivity contribution is -0.633. The van der Waals surface area contributed by atoms with Crippen molar-refractivity contribution < 1.29 is 14.3 Å². The second-order valence-electron chi connectivity index (χ2n) is 3.10. The van der Waals surface area contributed by atoms with E-state index in [1.54, 1.807) is 24.3 Å². The number of aldehydes is 1. The molecule has 5 nitrogen and oxygen atoms in total. The van der Waals surface area contributed by atoms with Gasteiger partial charge in [0.25, 0.3) is 22.9 Å². The van der Waals surface area contributed by atoms with Crippen molar-refractivity contribution in [3.05, 3.63) is 46.6 Å². The van der Waals surface area contributed by atoms with Crippen molar-refractivity contribution in [1.82, 2.24) is 0 Å². The Labute approximate surface area is 107 Å². The fourth-order valence-corrected chi connectivity index (χ4v) is 1.70. The summed E-state index contributed by atoms with van der Waals surface area (Å²) in [6, 6.07) is 6.71. The van der Waals surface area contributed by atoms with Crippen LogP contribution < -0.4 is 9.46 Å². The molecule has 0 aliphatic rings. The van der Waals surface area contributed by atoms with Crippen LogP contribution >= 0.6 is 15.9 Å². The fourth-order valence-electron chi connectivity index (χ4n) is 1.32. The van der Waals surface area contributed by atoms with Gasteiger partial charge in [-0.2, -0.15) is 9.46 Å². The number of benzene rings is 1. The third-order valence-electron chi connectivity index (χ3n) is 2.00. The van der Waals surface area contributed by atoms with Gasteiger partial charge in [-0.05, 0) is 6.92 Å². The number of halogens is 1. The molecule has 0 bridgehead atoms. The summed E-state index contributed by atoms with van der Waals surface area (Å²) in [6.45, 7) is 1.44. The summed E-state index contributed by atoms with van der Waals surface area (Å²) in [5, 5.41) is 23.5. The van der Waals surface area contributed by atoms with E-state index in [0.717, 1.165) is 11.0 Å². The van der Waals surface area contributed by atoms with E-state index >= 15 is 0 Å². The number of hydrogen-bond donors (Lipinski definition) is 0. The monoisotopic (exact) mass is 298 g/mol. The molecular formula is C11H11BrN2O3. The summed E-state index contributed by atoms with van der Waals surface area (Å²) >= 11 is 3.16. The summed E-state index contributed by atoms with van der Waals surface area (Å²) in [7, 11) is 0. The molecule has 2 rings (SSSR count). The van der Waals surface area contributed by atoms with Gasteiger partial charge < -0.3 is 15.2 Å². The Hall–Kier alpha value is -1.69. The molecule has 6 heteroatoms. The number of rotatable bonds is 1. The van der Waals surface area contributed by atoms with Crippen LogP contribution in [0.25, 0.3) is 11.0 Å². The first kappa shape index (κ1) is 13.4. The SMILES string of the molecule is CC=O.[O-][n+]1cc(CBr)[n+]([O-])c2ccccc21. The minimum Gasteiger partial charge on any atom is -0.618 e. The van der Waals surface area contributed by atoms with Gasteiger partial charge in [0.15, 0.2) is 0 Å². The maximum absolute atomic E-state index is 11.6. The number of nitrogens with zero attached hydrogens (tertiary/aromatic N) is 2. The minimum absolute atomic E-state index is 0.365. The van der Waals surface area contributed by atoms with Crippen LogP contribution in [0.1, 0.15) is 12.6 Å². The van der Waals surface area contributed by atoms with Crippen LogP contribution in [0.5, 0.6) is 0 Å². The lowest BCUT2D eigenvalue weighted by atomic mass is 10.3. The van der Waals surface area contributed by atoms with Gasteiger partial charge in [0.2, 0.25) is 0 Å². The van der Waals surface area contributed by atoms with Crippen molar-refractivity contribution in [1.29, 1.82) is 0 Å². The lowest BCUT2D eigenvalue weighted by Gasteiger charge is -2.05. The van der Waals surface area contributed by atoms with Crippen LogP contribution in [-0.4, -0.2) is 6.29 Å². The number of hydrogen-bond acceptors (Lipinski definition) is 3. The molecule has 1 aromatic carbocycles. The predicted octanol–water partition coefficient (Wildman–Crippen LogP) is 1.21. The van der Waals surface area contributed by atoms with Gasteiger partial charge in [-0.3, -0.25) is 0 Å². The summed E-state index contributed by atoms with van der Waals surface area (Å²) in [4.78, 5) is 8.81. The molecule has 0 fully saturated rings. The topological polar surface area (TPSA) is 71.0 Å². The number of para-hydroxylation sites is 2. The van der Waals surface area contributed by atoms with Gasteiger partial charge >= 0.3 is 0 Å². The summed E-state index contributed by atoms with van der Waals surface area (Å²) in [5.74, 6) is 0. The molecule has 0 radical (unpaired) electrons. The molecule has 1 heterocycles. The molecular weight excluding hydrogens is 288 g/mol. The van der Waals surface area contributed by atoms with Crippen LogP contribution in [0, 0.1) is 10.4 Å². The molecule has 0 spiro atoms.